The zero-order valence-corrected chi connectivity index (χ0v) is 37.7. The van der Waals surface area contributed by atoms with Crippen LogP contribution in [0.3, 0.4) is 0 Å². The predicted octanol–water partition coefficient (Wildman–Crippen LogP) is 9.75. The van der Waals surface area contributed by atoms with Crippen molar-refractivity contribution in [3.05, 3.63) is 85.1 Å². The Balaban J connectivity index is 4.69. The second-order valence-electron chi connectivity index (χ2n) is 14.1. The summed E-state index contributed by atoms with van der Waals surface area (Å²) in [5.41, 5.74) is 0. The lowest BCUT2D eigenvalue weighted by Crippen LogP contribution is -2.29. The Kier molecular flexibility index (Phi) is 37.3. The summed E-state index contributed by atoms with van der Waals surface area (Å²) in [6.07, 6.45) is 40.7. The molecule has 344 valence electrons. The first-order valence-corrected chi connectivity index (χ1v) is 24.4. The van der Waals surface area contributed by atoms with Crippen molar-refractivity contribution in [3.63, 3.8) is 0 Å². The number of hydrogen-bond donors (Lipinski definition) is 5. The van der Waals surface area contributed by atoms with Gasteiger partial charge < -0.3 is 34.4 Å². The van der Waals surface area contributed by atoms with Gasteiger partial charge >= 0.3 is 27.6 Å². The summed E-state index contributed by atoms with van der Waals surface area (Å²) in [5, 5.41) is 19.6. The van der Waals surface area contributed by atoms with E-state index >= 15 is 0 Å². The molecule has 16 heteroatoms. The fourth-order valence-corrected chi connectivity index (χ4v) is 6.25. The minimum Gasteiger partial charge on any atom is -0.462 e. The van der Waals surface area contributed by atoms with Crippen molar-refractivity contribution >= 4 is 27.6 Å². The zero-order chi connectivity index (χ0) is 44.6. The molecule has 0 rings (SSSR count). The molecule has 4 atom stereocenters. The Morgan fingerprint density at radius 2 is 1.13 bits per heavy atom. The lowest BCUT2D eigenvalue weighted by molar-refractivity contribution is -0.161. The summed E-state index contributed by atoms with van der Waals surface area (Å²) in [7, 11) is -9.71. The van der Waals surface area contributed by atoms with E-state index in [1.54, 1.807) is 6.08 Å². The van der Waals surface area contributed by atoms with Crippen LogP contribution >= 0.6 is 15.6 Å². The first-order valence-electron chi connectivity index (χ1n) is 21.4. The smallest absolute Gasteiger partial charge is 0.462 e. The predicted molar refractivity (Wildman–Crippen MR) is 236 cm³/mol. The minimum atomic E-state index is -4.88. The van der Waals surface area contributed by atoms with Gasteiger partial charge in [-0.15, -0.1) is 0 Å². The summed E-state index contributed by atoms with van der Waals surface area (Å²) in [6.45, 7) is 1.41. The van der Waals surface area contributed by atoms with Gasteiger partial charge in [-0.25, -0.2) is 9.13 Å². The second-order valence-corrected chi connectivity index (χ2v) is 16.8. The first kappa shape index (κ1) is 57.3. The highest BCUT2D eigenvalue weighted by Gasteiger charge is 2.28. The molecule has 0 aliphatic rings. The van der Waals surface area contributed by atoms with Crippen LogP contribution < -0.4 is 0 Å². The second kappa shape index (κ2) is 39.1. The molecule has 0 amide bonds. The van der Waals surface area contributed by atoms with Gasteiger partial charge in [-0.05, 0) is 70.6 Å². The Morgan fingerprint density at radius 3 is 1.78 bits per heavy atom. The van der Waals surface area contributed by atoms with Crippen LogP contribution in [-0.2, 0) is 41.8 Å². The number of carbonyl (C=O) groups excluding carboxylic acids is 2. The van der Waals surface area contributed by atoms with Gasteiger partial charge in [0.15, 0.2) is 6.10 Å². The molecule has 0 bridgehead atoms. The fraction of sp³-hybridized carbons (Fsp3) is 0.636. The maximum absolute atomic E-state index is 12.6. The lowest BCUT2D eigenvalue weighted by atomic mass is 10.1. The van der Waals surface area contributed by atoms with E-state index in [1.807, 2.05) is 54.7 Å². The molecule has 0 aliphatic carbocycles. The van der Waals surface area contributed by atoms with Crippen LogP contribution in [0.25, 0.3) is 0 Å². The number of unbranched alkanes of at least 4 members (excludes halogenated alkanes) is 9. The highest BCUT2D eigenvalue weighted by atomic mass is 31.2. The van der Waals surface area contributed by atoms with Gasteiger partial charge in [0.2, 0.25) is 0 Å². The molecular weight excluding hydrogens is 814 g/mol. The summed E-state index contributed by atoms with van der Waals surface area (Å²) < 4.78 is 47.6. The summed E-state index contributed by atoms with van der Waals surface area (Å²) >= 11 is 0. The average Bonchev–Trinajstić information content (AvgIpc) is 3.20. The molecule has 0 fully saturated rings. The topological polar surface area (TPSA) is 216 Å². The van der Waals surface area contributed by atoms with Crippen molar-refractivity contribution in [2.75, 3.05) is 26.4 Å². The quantitative estimate of drug-likeness (QED) is 0.0128. The summed E-state index contributed by atoms with van der Waals surface area (Å²) in [6, 6.07) is 0. The third-order valence-corrected chi connectivity index (χ3v) is 9.79. The molecule has 2 unspecified atom stereocenters. The maximum Gasteiger partial charge on any atom is 0.472 e. The monoisotopic (exact) mass is 888 g/mol. The van der Waals surface area contributed by atoms with Crippen molar-refractivity contribution < 1.29 is 66.7 Å². The van der Waals surface area contributed by atoms with Crippen LogP contribution in [-0.4, -0.2) is 81.6 Å². The van der Waals surface area contributed by atoms with Gasteiger partial charge in [0.05, 0.1) is 25.9 Å². The van der Waals surface area contributed by atoms with Gasteiger partial charge in [-0.1, -0.05) is 137 Å². The van der Waals surface area contributed by atoms with Crippen LogP contribution in [0.2, 0.25) is 0 Å². The van der Waals surface area contributed by atoms with Crippen molar-refractivity contribution in [1.82, 2.24) is 0 Å². The van der Waals surface area contributed by atoms with Crippen LogP contribution in [0.5, 0.6) is 0 Å². The van der Waals surface area contributed by atoms with Crippen LogP contribution in [0, 0.1) is 0 Å². The number of aliphatic hydroxyl groups excluding tert-OH is 2. The summed E-state index contributed by atoms with van der Waals surface area (Å²) in [5.74, 6) is -1.17. The molecule has 0 aromatic rings. The number of allylic oxidation sites excluding steroid dienone is 12. The number of phosphoric acid groups is 2. The molecule has 0 heterocycles. The van der Waals surface area contributed by atoms with E-state index in [2.05, 4.69) is 47.2 Å². The Labute approximate surface area is 359 Å². The number of phosphoric ester groups is 2. The van der Waals surface area contributed by atoms with Crippen molar-refractivity contribution in [1.29, 1.82) is 0 Å². The van der Waals surface area contributed by atoms with E-state index < -0.39 is 72.3 Å². The largest absolute Gasteiger partial charge is 0.472 e. The fourth-order valence-electron chi connectivity index (χ4n) is 5.10. The minimum absolute atomic E-state index is 0.0486. The molecule has 0 aromatic carbocycles. The van der Waals surface area contributed by atoms with E-state index in [1.165, 1.54) is 25.7 Å². The van der Waals surface area contributed by atoms with E-state index in [0.29, 0.717) is 25.7 Å². The summed E-state index contributed by atoms with van der Waals surface area (Å²) in [4.78, 5) is 52.6. The molecule has 5 N–H and O–H groups in total. The number of hydrogen-bond acceptors (Lipinski definition) is 11. The lowest BCUT2D eigenvalue weighted by Gasteiger charge is -2.20. The average molecular weight is 889 g/mol. The van der Waals surface area contributed by atoms with Gasteiger partial charge in [0, 0.05) is 12.8 Å². The standard InChI is InChI=1S/C44H74O14P2/c1-3-5-7-8-9-10-11-13-18-21-24-27-31-35-44(48)58-42(39-57-60(52,53)56-37-41(46)36-55-59(49,50)51)38-54-43(47)34-30-26-23-20-17-15-12-14-16-19-22-25-29-33-40(45)32-28-6-4-2/h6,10-11,14-17,22-23,25-26,28-29,33,40-42,45-46H,3-5,7-9,12-13,18-21,24,27,30-32,34-39H2,1-2H3,(H,52,53)(H2,49,50,51)/b11-10-,16-14-,17-15-,25-22+,26-23-,28-6-,33-29+/t40?,41-,42+/m0/s1. The Hall–Kier alpha value is -2.74. The highest BCUT2D eigenvalue weighted by molar-refractivity contribution is 7.47. The SMILES string of the molecule is CC/C=C\CC(O)/C=C/C=C/C/C=C\C/C=C\C/C=C\CCC(=O)OC[C@H](COP(=O)(O)OC[C@@H](O)COP(=O)(O)O)OC(=O)CCCCCCC/C=C\CCCCCC. The number of carbonyl (C=O) groups is 2. The van der Waals surface area contributed by atoms with Crippen molar-refractivity contribution in [2.45, 2.75) is 154 Å². The number of ether oxygens (including phenoxy) is 2. The molecule has 0 aliphatic heterocycles. The third kappa shape index (κ3) is 42.0. The maximum atomic E-state index is 12.6. The van der Waals surface area contributed by atoms with Gasteiger partial charge in [-0.2, -0.15) is 0 Å². The molecule has 0 spiro atoms. The Morgan fingerprint density at radius 1 is 0.567 bits per heavy atom. The zero-order valence-electron chi connectivity index (χ0n) is 35.9. The molecule has 0 aromatic heterocycles. The van der Waals surface area contributed by atoms with E-state index in [4.69, 9.17) is 23.8 Å². The van der Waals surface area contributed by atoms with E-state index in [9.17, 15) is 33.8 Å². The molecular formula is C44H74O14P2. The number of rotatable bonds is 39. The Bertz CT molecular complexity index is 1400. The number of aliphatic hydroxyl groups is 2. The van der Waals surface area contributed by atoms with Crippen molar-refractivity contribution in [2.24, 2.45) is 0 Å². The normalized spacial score (nSPS) is 15.4. The van der Waals surface area contributed by atoms with Gasteiger partial charge in [-0.3, -0.25) is 23.2 Å². The van der Waals surface area contributed by atoms with Gasteiger partial charge in [0.25, 0.3) is 0 Å². The molecule has 60 heavy (non-hydrogen) atoms. The highest BCUT2D eigenvalue weighted by Crippen LogP contribution is 2.43. The number of esters is 2. The molecule has 14 nitrogen and oxygen atoms in total. The molecule has 0 saturated carbocycles. The third-order valence-electron chi connectivity index (χ3n) is 8.35. The van der Waals surface area contributed by atoms with Gasteiger partial charge in [0.1, 0.15) is 12.7 Å². The molecule has 0 radical (unpaired) electrons. The van der Waals surface area contributed by atoms with Crippen LogP contribution in [0.15, 0.2) is 85.1 Å². The van der Waals surface area contributed by atoms with Crippen molar-refractivity contribution in [3.8, 4) is 0 Å². The first-order chi connectivity index (χ1) is 28.8. The van der Waals surface area contributed by atoms with Crippen LogP contribution in [0.1, 0.15) is 136 Å². The van der Waals surface area contributed by atoms with E-state index in [0.717, 1.165) is 57.8 Å². The van der Waals surface area contributed by atoms with E-state index in [-0.39, 0.29) is 12.8 Å². The van der Waals surface area contributed by atoms with Crippen LogP contribution in [0.4, 0.5) is 0 Å². The molecule has 0 saturated heterocycles.